The van der Waals surface area contributed by atoms with E-state index in [1.54, 1.807) is 0 Å². The van der Waals surface area contributed by atoms with Crippen LogP contribution in [0, 0.1) is 6.92 Å². The molecule has 106 valence electrons. The topological polar surface area (TPSA) is 29.3 Å². The molecule has 2 aromatic rings. The highest BCUT2D eigenvalue weighted by Crippen LogP contribution is 2.22. The van der Waals surface area contributed by atoms with Gasteiger partial charge in [-0.1, -0.05) is 48.5 Å². The molecule has 2 nitrogen and oxygen atoms in total. The van der Waals surface area contributed by atoms with E-state index < -0.39 is 0 Å². The summed E-state index contributed by atoms with van der Waals surface area (Å²) in [5.41, 5.74) is 9.98. The van der Waals surface area contributed by atoms with Crippen LogP contribution in [0.2, 0.25) is 0 Å². The van der Waals surface area contributed by atoms with Crippen LogP contribution in [-0.2, 0) is 6.42 Å². The second-order valence-corrected chi connectivity index (χ2v) is 5.15. The van der Waals surface area contributed by atoms with E-state index in [1.165, 1.54) is 16.8 Å². The third-order valence-corrected chi connectivity index (χ3v) is 3.79. The number of rotatable bonds is 6. The van der Waals surface area contributed by atoms with E-state index in [-0.39, 0.29) is 0 Å². The van der Waals surface area contributed by atoms with Crippen molar-refractivity contribution in [3.8, 4) is 0 Å². The fraction of sp³-hybridized carbons (Fsp3) is 0.333. The lowest BCUT2D eigenvalue weighted by Gasteiger charge is -2.33. The van der Waals surface area contributed by atoms with Gasteiger partial charge in [-0.2, -0.15) is 0 Å². The van der Waals surface area contributed by atoms with Crippen LogP contribution in [0.5, 0.6) is 0 Å². The summed E-state index contributed by atoms with van der Waals surface area (Å²) >= 11 is 0. The van der Waals surface area contributed by atoms with Gasteiger partial charge in [0.2, 0.25) is 0 Å². The molecule has 2 heteroatoms. The van der Waals surface area contributed by atoms with Gasteiger partial charge in [0, 0.05) is 24.8 Å². The summed E-state index contributed by atoms with van der Waals surface area (Å²) in [5, 5.41) is 0. The maximum absolute atomic E-state index is 6.04. The van der Waals surface area contributed by atoms with E-state index in [9.17, 15) is 0 Å². The molecule has 0 saturated heterocycles. The second kappa shape index (κ2) is 7.11. The summed E-state index contributed by atoms with van der Waals surface area (Å²) in [5.74, 6) is 0. The molecule has 0 aliphatic heterocycles. The third-order valence-electron chi connectivity index (χ3n) is 3.79. The Morgan fingerprint density at radius 1 is 1.00 bits per heavy atom. The molecule has 0 radical (unpaired) electrons. The molecule has 0 heterocycles. The highest BCUT2D eigenvalue weighted by Gasteiger charge is 2.17. The van der Waals surface area contributed by atoms with Gasteiger partial charge in [-0.25, -0.2) is 0 Å². The third kappa shape index (κ3) is 3.40. The first-order chi connectivity index (χ1) is 9.76. The van der Waals surface area contributed by atoms with Crippen molar-refractivity contribution in [3.63, 3.8) is 0 Å². The molecular formula is C18H24N2. The minimum absolute atomic E-state index is 0.337. The molecule has 0 bridgehead atoms. The number of hydrogen-bond donors (Lipinski definition) is 1. The van der Waals surface area contributed by atoms with Crippen LogP contribution >= 0.6 is 0 Å². The molecule has 0 fully saturated rings. The summed E-state index contributed by atoms with van der Waals surface area (Å²) in [6.45, 7) is 5.99. The van der Waals surface area contributed by atoms with Crippen LogP contribution in [-0.4, -0.2) is 19.1 Å². The maximum atomic E-state index is 6.04. The van der Waals surface area contributed by atoms with E-state index in [1.807, 2.05) is 0 Å². The van der Waals surface area contributed by atoms with Crippen LogP contribution < -0.4 is 10.6 Å². The van der Waals surface area contributed by atoms with Crippen molar-refractivity contribution in [2.75, 3.05) is 18.0 Å². The van der Waals surface area contributed by atoms with E-state index in [2.05, 4.69) is 73.3 Å². The van der Waals surface area contributed by atoms with Crippen molar-refractivity contribution in [3.05, 3.63) is 65.7 Å². The Kier molecular flexibility index (Phi) is 5.19. The monoisotopic (exact) mass is 268 g/mol. The van der Waals surface area contributed by atoms with Gasteiger partial charge < -0.3 is 10.6 Å². The van der Waals surface area contributed by atoms with Crippen molar-refractivity contribution < 1.29 is 0 Å². The quantitative estimate of drug-likeness (QED) is 0.870. The molecule has 0 amide bonds. The van der Waals surface area contributed by atoms with Crippen molar-refractivity contribution in [2.24, 2.45) is 5.73 Å². The lowest BCUT2D eigenvalue weighted by molar-refractivity contribution is 0.604. The summed E-state index contributed by atoms with van der Waals surface area (Å²) in [4.78, 5) is 2.42. The first-order valence-corrected chi connectivity index (χ1v) is 7.32. The Balaban J connectivity index is 2.22. The average molecular weight is 268 g/mol. The zero-order valence-electron chi connectivity index (χ0n) is 12.4. The fourth-order valence-corrected chi connectivity index (χ4v) is 2.72. The highest BCUT2D eigenvalue weighted by atomic mass is 15.2. The van der Waals surface area contributed by atoms with Crippen molar-refractivity contribution >= 4 is 5.69 Å². The van der Waals surface area contributed by atoms with Crippen LogP contribution in [0.15, 0.2) is 54.6 Å². The van der Waals surface area contributed by atoms with Crippen molar-refractivity contribution in [2.45, 2.75) is 26.3 Å². The van der Waals surface area contributed by atoms with Crippen LogP contribution in [0.4, 0.5) is 5.69 Å². The molecule has 1 atom stereocenters. The van der Waals surface area contributed by atoms with Gasteiger partial charge in [-0.05, 0) is 37.5 Å². The number of nitrogens with two attached hydrogens (primary N) is 1. The van der Waals surface area contributed by atoms with E-state index in [0.29, 0.717) is 12.6 Å². The number of para-hydroxylation sites is 1. The molecule has 2 rings (SSSR count). The predicted molar refractivity (Wildman–Crippen MR) is 87.2 cm³/mol. The molecule has 2 N–H and O–H groups in total. The van der Waals surface area contributed by atoms with Gasteiger partial charge in [0.15, 0.2) is 0 Å². The van der Waals surface area contributed by atoms with Gasteiger partial charge in [-0.3, -0.25) is 0 Å². The van der Waals surface area contributed by atoms with Gasteiger partial charge >= 0.3 is 0 Å². The minimum atomic E-state index is 0.337. The molecule has 1 unspecified atom stereocenters. The van der Waals surface area contributed by atoms with Crippen LogP contribution in [0.25, 0.3) is 0 Å². The Labute approximate surface area is 122 Å². The summed E-state index contributed by atoms with van der Waals surface area (Å²) < 4.78 is 0. The zero-order valence-corrected chi connectivity index (χ0v) is 12.4. The lowest BCUT2D eigenvalue weighted by Crippen LogP contribution is -2.42. The molecule has 0 spiro atoms. The number of anilines is 1. The zero-order chi connectivity index (χ0) is 14.4. The number of nitrogens with zero attached hydrogens (tertiary/aromatic N) is 1. The normalized spacial score (nSPS) is 12.2. The molecule has 20 heavy (non-hydrogen) atoms. The number of likely N-dealkylation sites (N-methyl/N-ethyl adjacent to an activating group) is 1. The van der Waals surface area contributed by atoms with E-state index >= 15 is 0 Å². The Morgan fingerprint density at radius 2 is 1.65 bits per heavy atom. The Morgan fingerprint density at radius 3 is 2.25 bits per heavy atom. The van der Waals surface area contributed by atoms with E-state index in [4.69, 9.17) is 5.73 Å². The molecule has 2 aromatic carbocycles. The molecule has 0 aromatic heterocycles. The smallest absolute Gasteiger partial charge is 0.0452 e. The fourth-order valence-electron chi connectivity index (χ4n) is 2.72. The molecule has 0 saturated carbocycles. The SMILES string of the molecule is CCN(c1ccccc1C)C(CN)Cc1ccccc1. The Hall–Kier alpha value is -1.80. The summed E-state index contributed by atoms with van der Waals surface area (Å²) in [6.07, 6.45) is 0.986. The Bertz CT molecular complexity index is 522. The lowest BCUT2D eigenvalue weighted by atomic mass is 10.0. The number of benzene rings is 2. The second-order valence-electron chi connectivity index (χ2n) is 5.15. The number of hydrogen-bond acceptors (Lipinski definition) is 2. The largest absolute Gasteiger partial charge is 0.367 e. The van der Waals surface area contributed by atoms with Gasteiger partial charge in [0.05, 0.1) is 0 Å². The first-order valence-electron chi connectivity index (χ1n) is 7.32. The standard InChI is InChI=1S/C18H24N2/c1-3-20(18-12-8-7-9-15(18)2)17(14-19)13-16-10-5-4-6-11-16/h4-12,17H,3,13-14,19H2,1-2H3. The molecular weight excluding hydrogens is 244 g/mol. The van der Waals surface area contributed by atoms with Gasteiger partial charge in [0.25, 0.3) is 0 Å². The maximum Gasteiger partial charge on any atom is 0.0452 e. The summed E-state index contributed by atoms with van der Waals surface area (Å²) in [6, 6.07) is 19.5. The molecule has 0 aliphatic rings. The predicted octanol–water partition coefficient (Wildman–Crippen LogP) is 3.39. The van der Waals surface area contributed by atoms with Crippen molar-refractivity contribution in [1.82, 2.24) is 0 Å². The van der Waals surface area contributed by atoms with Crippen LogP contribution in [0.3, 0.4) is 0 Å². The summed E-state index contributed by atoms with van der Waals surface area (Å²) in [7, 11) is 0. The van der Waals surface area contributed by atoms with Gasteiger partial charge in [-0.15, -0.1) is 0 Å². The highest BCUT2D eigenvalue weighted by molar-refractivity contribution is 5.54. The van der Waals surface area contributed by atoms with Crippen LogP contribution in [0.1, 0.15) is 18.1 Å². The van der Waals surface area contributed by atoms with Crippen molar-refractivity contribution in [1.29, 1.82) is 0 Å². The van der Waals surface area contributed by atoms with Gasteiger partial charge in [0.1, 0.15) is 0 Å². The minimum Gasteiger partial charge on any atom is -0.367 e. The first kappa shape index (κ1) is 14.6. The van der Waals surface area contributed by atoms with E-state index in [0.717, 1.165) is 13.0 Å². The average Bonchev–Trinajstić information content (AvgIpc) is 2.49. The number of aryl methyl sites for hydroxylation is 1. The molecule has 0 aliphatic carbocycles.